The zero-order valence-electron chi connectivity index (χ0n) is 24.6. The number of nitrogens with one attached hydrogen (secondary N) is 1. The molecule has 9 nitrogen and oxygen atoms in total. The van der Waals surface area contributed by atoms with Gasteiger partial charge in [-0.2, -0.15) is 0 Å². The van der Waals surface area contributed by atoms with Gasteiger partial charge in [-0.05, 0) is 79.1 Å². The first-order valence-electron chi connectivity index (χ1n) is 14.7. The van der Waals surface area contributed by atoms with E-state index in [0.29, 0.717) is 17.7 Å². The second-order valence-electron chi connectivity index (χ2n) is 11.2. The van der Waals surface area contributed by atoms with E-state index in [1.807, 2.05) is 55.5 Å². The van der Waals surface area contributed by atoms with E-state index in [4.69, 9.17) is 4.98 Å². The van der Waals surface area contributed by atoms with Crippen molar-refractivity contribution in [2.24, 2.45) is 11.8 Å². The van der Waals surface area contributed by atoms with Crippen LogP contribution in [0, 0.1) is 18.8 Å². The molecule has 1 saturated carbocycles. The average molecular weight is 586 g/mol. The molecule has 5 rings (SSSR count). The number of aromatic carboxylic acids is 1. The minimum Gasteiger partial charge on any atom is -0.481 e. The number of nitrogens with zero attached hydrogens (tertiary/aromatic N) is 2. The highest BCUT2D eigenvalue weighted by atomic mass is 16.4. The number of unbranched alkanes of at least 4 members (excludes halogenated alkanes) is 1. The number of anilines is 1. The molecule has 226 valence electrons. The van der Waals surface area contributed by atoms with Crippen LogP contribution in [0.2, 0.25) is 0 Å². The van der Waals surface area contributed by atoms with Crippen LogP contribution in [0.4, 0.5) is 5.69 Å². The fourth-order valence-electron chi connectivity index (χ4n) is 6.26. The molecule has 5 N–H and O–H groups in total. The number of carboxylic acids is 2. The van der Waals surface area contributed by atoms with Crippen LogP contribution in [0.5, 0.6) is 0 Å². The second kappa shape index (κ2) is 13.6. The number of carboxylic acid groups (broad SMARTS) is 2. The topological polar surface area (TPSA) is 153 Å². The molecule has 0 saturated heterocycles. The molecule has 1 aliphatic rings. The fraction of sp³-hybridized carbons (Fsp3) is 0.353. The monoisotopic (exact) mass is 585 g/mol. The molecular formula is C34H39N3O6. The number of imidazole rings is 1. The van der Waals surface area contributed by atoms with Gasteiger partial charge in [0.25, 0.3) is 0 Å². The summed E-state index contributed by atoms with van der Waals surface area (Å²) in [5, 5.41) is 22.4. The molecule has 3 aromatic carbocycles. The minimum absolute atomic E-state index is 0. The number of carbonyl (C=O) groups excluding carboxylic acids is 1. The van der Waals surface area contributed by atoms with Gasteiger partial charge in [-0.3, -0.25) is 14.2 Å². The van der Waals surface area contributed by atoms with Gasteiger partial charge in [-0.15, -0.1) is 0 Å². The number of aryl methyl sites for hydroxylation is 1. The Hall–Kier alpha value is -4.50. The van der Waals surface area contributed by atoms with Crippen molar-refractivity contribution in [3.63, 3.8) is 0 Å². The molecule has 1 aromatic heterocycles. The Morgan fingerprint density at radius 1 is 0.977 bits per heavy atom. The Morgan fingerprint density at radius 2 is 1.72 bits per heavy atom. The summed E-state index contributed by atoms with van der Waals surface area (Å²) in [5.74, 6) is -1.72. The summed E-state index contributed by atoms with van der Waals surface area (Å²) < 4.78 is 2.12. The van der Waals surface area contributed by atoms with E-state index in [1.165, 1.54) is 0 Å². The van der Waals surface area contributed by atoms with E-state index in [-0.39, 0.29) is 29.3 Å². The molecule has 4 aromatic rings. The first kappa shape index (κ1) is 31.4. The van der Waals surface area contributed by atoms with E-state index in [2.05, 4.69) is 16.8 Å². The molecule has 1 fully saturated rings. The van der Waals surface area contributed by atoms with Crippen molar-refractivity contribution < 1.29 is 30.1 Å². The normalized spacial score (nSPS) is 16.4. The number of hydrogen-bond donors (Lipinski definition) is 3. The van der Waals surface area contributed by atoms with E-state index < -0.39 is 17.9 Å². The SMILES string of the molecule is CCCCc1nc2ccc(NC(=O)CC3CCCCC3C(=O)O)cc2n1-c1cccc(-c2ccccc2C(=O)O)c1C.O. The van der Waals surface area contributed by atoms with Crippen LogP contribution in [0.1, 0.15) is 73.6 Å². The maximum atomic E-state index is 13.1. The second-order valence-corrected chi connectivity index (χ2v) is 11.2. The predicted molar refractivity (Wildman–Crippen MR) is 167 cm³/mol. The molecule has 2 unspecified atom stereocenters. The highest BCUT2D eigenvalue weighted by molar-refractivity contribution is 5.97. The van der Waals surface area contributed by atoms with E-state index in [9.17, 15) is 24.6 Å². The summed E-state index contributed by atoms with van der Waals surface area (Å²) in [7, 11) is 0. The number of aliphatic carboxylic acids is 1. The Morgan fingerprint density at radius 3 is 2.47 bits per heavy atom. The van der Waals surface area contributed by atoms with Gasteiger partial charge >= 0.3 is 11.9 Å². The van der Waals surface area contributed by atoms with Crippen LogP contribution in [0.25, 0.3) is 27.8 Å². The summed E-state index contributed by atoms with van der Waals surface area (Å²) in [4.78, 5) is 41.7. The van der Waals surface area contributed by atoms with Crippen LogP contribution in [-0.4, -0.2) is 43.1 Å². The Bertz CT molecular complexity index is 1640. The van der Waals surface area contributed by atoms with Crippen LogP contribution >= 0.6 is 0 Å². The third-order valence-electron chi connectivity index (χ3n) is 8.43. The Balaban J connectivity index is 0.00000423. The van der Waals surface area contributed by atoms with Gasteiger partial charge < -0.3 is 21.0 Å². The van der Waals surface area contributed by atoms with Gasteiger partial charge in [0.1, 0.15) is 5.82 Å². The largest absolute Gasteiger partial charge is 0.481 e. The summed E-state index contributed by atoms with van der Waals surface area (Å²) in [6.45, 7) is 4.13. The molecule has 0 bridgehead atoms. The third kappa shape index (κ3) is 6.62. The van der Waals surface area contributed by atoms with Crippen molar-refractivity contribution in [1.29, 1.82) is 0 Å². The van der Waals surface area contributed by atoms with Gasteiger partial charge in [-0.1, -0.05) is 56.5 Å². The summed E-state index contributed by atoms with van der Waals surface area (Å²) in [6, 6.07) is 18.5. The van der Waals surface area contributed by atoms with Crippen molar-refractivity contribution in [3.05, 3.63) is 77.6 Å². The lowest BCUT2D eigenvalue weighted by molar-refractivity contribution is -0.145. The van der Waals surface area contributed by atoms with Crippen LogP contribution in [0.15, 0.2) is 60.7 Å². The predicted octanol–water partition coefficient (Wildman–Crippen LogP) is 6.44. The first-order valence-corrected chi connectivity index (χ1v) is 14.7. The number of hydrogen-bond acceptors (Lipinski definition) is 4. The highest BCUT2D eigenvalue weighted by Gasteiger charge is 2.32. The van der Waals surface area contributed by atoms with Gasteiger partial charge in [0.15, 0.2) is 0 Å². The lowest BCUT2D eigenvalue weighted by Crippen LogP contribution is -2.30. The molecule has 1 aliphatic carbocycles. The number of amides is 1. The van der Waals surface area contributed by atoms with Crippen molar-refractivity contribution in [3.8, 4) is 16.8 Å². The Kier molecular flexibility index (Phi) is 9.98. The maximum Gasteiger partial charge on any atom is 0.336 e. The smallest absolute Gasteiger partial charge is 0.336 e. The van der Waals surface area contributed by atoms with E-state index in [1.54, 1.807) is 12.1 Å². The number of benzene rings is 3. The third-order valence-corrected chi connectivity index (χ3v) is 8.43. The molecule has 2 atom stereocenters. The minimum atomic E-state index is -0.976. The average Bonchev–Trinajstić information content (AvgIpc) is 3.33. The molecule has 0 spiro atoms. The quantitative estimate of drug-likeness (QED) is 0.195. The molecule has 43 heavy (non-hydrogen) atoms. The van der Waals surface area contributed by atoms with E-state index in [0.717, 1.165) is 72.2 Å². The van der Waals surface area contributed by atoms with Crippen LogP contribution in [0.3, 0.4) is 0 Å². The lowest BCUT2D eigenvalue weighted by Gasteiger charge is -2.27. The fourth-order valence-corrected chi connectivity index (χ4v) is 6.26. The molecule has 0 radical (unpaired) electrons. The summed E-state index contributed by atoms with van der Waals surface area (Å²) in [5.41, 5.74) is 5.82. The molecule has 9 heteroatoms. The number of fused-ring (bicyclic) bond motifs is 1. The van der Waals surface area contributed by atoms with Crippen LogP contribution in [-0.2, 0) is 16.0 Å². The van der Waals surface area contributed by atoms with Gasteiger partial charge in [0.2, 0.25) is 5.91 Å². The van der Waals surface area contributed by atoms with Gasteiger partial charge in [0, 0.05) is 18.5 Å². The van der Waals surface area contributed by atoms with E-state index >= 15 is 0 Å². The lowest BCUT2D eigenvalue weighted by atomic mass is 9.77. The number of carbonyl (C=O) groups is 3. The molecule has 0 aliphatic heterocycles. The zero-order valence-corrected chi connectivity index (χ0v) is 24.6. The zero-order chi connectivity index (χ0) is 29.8. The van der Waals surface area contributed by atoms with Crippen molar-refractivity contribution >= 4 is 34.6 Å². The van der Waals surface area contributed by atoms with Crippen molar-refractivity contribution in [2.75, 3.05) is 5.32 Å². The van der Waals surface area contributed by atoms with Crippen LogP contribution < -0.4 is 5.32 Å². The van der Waals surface area contributed by atoms with Crippen molar-refractivity contribution in [2.45, 2.75) is 65.2 Å². The molecule has 1 heterocycles. The first-order chi connectivity index (χ1) is 20.3. The summed E-state index contributed by atoms with van der Waals surface area (Å²) in [6.07, 6.45) is 6.11. The number of rotatable bonds is 10. The Labute approximate surface area is 250 Å². The van der Waals surface area contributed by atoms with Gasteiger partial charge in [0.05, 0.1) is 28.2 Å². The van der Waals surface area contributed by atoms with Gasteiger partial charge in [-0.25, -0.2) is 9.78 Å². The molecular weight excluding hydrogens is 546 g/mol. The maximum absolute atomic E-state index is 13.1. The standard InChI is InChI=1S/C34H37N3O5.H2O/c1-3-4-16-31-36-28-18-17-23(35-32(38)19-22-10-5-6-11-25(22)33(39)40)20-30(28)37(31)29-15-9-14-24(21(29)2)26-12-7-8-13-27(26)34(41)42;/h7-9,12-15,17-18,20,22,25H,3-6,10-11,16,19H2,1-2H3,(H,35,38)(H,39,40)(H,41,42);1H2. The highest BCUT2D eigenvalue weighted by Crippen LogP contribution is 2.35. The summed E-state index contributed by atoms with van der Waals surface area (Å²) >= 11 is 0. The number of aromatic nitrogens is 2. The van der Waals surface area contributed by atoms with Crippen molar-refractivity contribution in [1.82, 2.24) is 9.55 Å². The molecule has 1 amide bonds.